The predicted molar refractivity (Wildman–Crippen MR) is 55.8 cm³/mol. The van der Waals surface area contributed by atoms with E-state index in [0.29, 0.717) is 10.8 Å². The first kappa shape index (κ1) is 9.73. The Balaban J connectivity index is 2.35. The minimum absolute atomic E-state index is 0.0522. The molecule has 0 bridgehead atoms. The third-order valence-corrected chi connectivity index (χ3v) is 2.13. The predicted octanol–water partition coefficient (Wildman–Crippen LogP) is 3.51. The van der Waals surface area contributed by atoms with Crippen LogP contribution in [0.25, 0.3) is 11.3 Å². The van der Waals surface area contributed by atoms with E-state index in [0.717, 1.165) is 5.56 Å². The summed E-state index contributed by atoms with van der Waals surface area (Å²) in [5, 5.41) is 10.9. The molecule has 2 rings (SSSR count). The summed E-state index contributed by atoms with van der Waals surface area (Å²) in [5.74, 6) is 0.592. The largest absolute Gasteiger partial charge is 0.463 e. The summed E-state index contributed by atoms with van der Waals surface area (Å²) in [4.78, 5) is 9.97. The molecule has 15 heavy (non-hydrogen) atoms. The smallest absolute Gasteiger partial charge is 0.269 e. The van der Waals surface area contributed by atoms with E-state index in [9.17, 15) is 10.1 Å². The molecule has 0 aliphatic carbocycles. The van der Waals surface area contributed by atoms with Crippen LogP contribution < -0.4 is 0 Å². The molecule has 0 aliphatic rings. The first-order chi connectivity index (χ1) is 7.16. The number of non-ortho nitro benzene ring substituents is 1. The summed E-state index contributed by atoms with van der Waals surface area (Å²) in [6.45, 7) is 0. The highest BCUT2D eigenvalue weighted by Gasteiger charge is 2.07. The van der Waals surface area contributed by atoms with Gasteiger partial charge in [0.2, 0.25) is 0 Å². The zero-order chi connectivity index (χ0) is 10.8. The minimum atomic E-state index is -0.446. The van der Waals surface area contributed by atoms with Crippen LogP contribution in [0.1, 0.15) is 0 Å². The number of furan rings is 1. The number of hydrogen-bond donors (Lipinski definition) is 0. The molecular weight excluding hydrogens is 218 g/mol. The lowest BCUT2D eigenvalue weighted by Gasteiger charge is -1.95. The van der Waals surface area contributed by atoms with Gasteiger partial charge in [0.15, 0.2) is 0 Å². The first-order valence-electron chi connectivity index (χ1n) is 4.15. The maximum Gasteiger partial charge on any atom is 0.269 e. The Morgan fingerprint density at radius 1 is 1.27 bits per heavy atom. The van der Waals surface area contributed by atoms with Gasteiger partial charge < -0.3 is 4.42 Å². The summed E-state index contributed by atoms with van der Waals surface area (Å²) >= 11 is 5.69. The Hall–Kier alpha value is -1.81. The number of halogens is 1. The lowest BCUT2D eigenvalue weighted by molar-refractivity contribution is -0.384. The number of nitro groups is 1. The topological polar surface area (TPSA) is 56.3 Å². The van der Waals surface area contributed by atoms with E-state index in [2.05, 4.69) is 0 Å². The van der Waals surface area contributed by atoms with Crippen molar-refractivity contribution in [3.63, 3.8) is 0 Å². The fraction of sp³-hybridized carbons (Fsp3) is 0. The van der Waals surface area contributed by atoms with Gasteiger partial charge in [-0.3, -0.25) is 10.1 Å². The van der Waals surface area contributed by atoms with Crippen LogP contribution >= 0.6 is 11.6 Å². The number of benzene rings is 1. The average molecular weight is 224 g/mol. The highest BCUT2D eigenvalue weighted by molar-refractivity contribution is 6.30. The molecule has 0 N–H and O–H groups in total. The van der Waals surface area contributed by atoms with Crippen LogP contribution in [0.2, 0.25) is 5.02 Å². The van der Waals surface area contributed by atoms with Crippen LogP contribution in [0.15, 0.2) is 41.0 Å². The molecule has 0 unspecified atom stereocenters. The van der Waals surface area contributed by atoms with Crippen LogP contribution in [-0.4, -0.2) is 4.92 Å². The summed E-state index contributed by atoms with van der Waals surface area (Å²) < 4.78 is 5.15. The number of hydrogen-bond acceptors (Lipinski definition) is 3. The van der Waals surface area contributed by atoms with Crippen molar-refractivity contribution in [2.75, 3.05) is 0 Å². The fourth-order valence-corrected chi connectivity index (χ4v) is 1.36. The SMILES string of the molecule is O=[N+]([O-])c1ccc(-c2cc(Cl)co2)cc1. The van der Waals surface area contributed by atoms with Gasteiger partial charge in [0, 0.05) is 23.8 Å². The van der Waals surface area contributed by atoms with Gasteiger partial charge in [-0.15, -0.1) is 0 Å². The third-order valence-electron chi connectivity index (χ3n) is 1.93. The quantitative estimate of drug-likeness (QED) is 0.578. The van der Waals surface area contributed by atoms with Gasteiger partial charge in [0.05, 0.1) is 9.95 Å². The molecule has 1 aromatic heterocycles. The zero-order valence-electron chi connectivity index (χ0n) is 7.51. The van der Waals surface area contributed by atoms with Crippen LogP contribution in [0, 0.1) is 10.1 Å². The Kier molecular flexibility index (Phi) is 2.43. The van der Waals surface area contributed by atoms with Gasteiger partial charge in [0.25, 0.3) is 5.69 Å². The van der Waals surface area contributed by atoms with Gasteiger partial charge in [-0.2, -0.15) is 0 Å². The number of rotatable bonds is 2. The lowest BCUT2D eigenvalue weighted by Crippen LogP contribution is -1.86. The van der Waals surface area contributed by atoms with Crippen molar-refractivity contribution in [1.82, 2.24) is 0 Å². The van der Waals surface area contributed by atoms with Gasteiger partial charge in [-0.05, 0) is 12.1 Å². The maximum absolute atomic E-state index is 10.4. The third kappa shape index (κ3) is 1.99. The molecule has 0 spiro atoms. The minimum Gasteiger partial charge on any atom is -0.463 e. The zero-order valence-corrected chi connectivity index (χ0v) is 8.27. The summed E-state index contributed by atoms with van der Waals surface area (Å²) in [5.41, 5.74) is 0.809. The molecular formula is C10H6ClNO3. The Morgan fingerprint density at radius 2 is 1.93 bits per heavy atom. The van der Waals surface area contributed by atoms with Crippen LogP contribution in [0.5, 0.6) is 0 Å². The van der Waals surface area contributed by atoms with Gasteiger partial charge in [-0.25, -0.2) is 0 Å². The lowest BCUT2D eigenvalue weighted by atomic mass is 10.1. The van der Waals surface area contributed by atoms with E-state index in [1.165, 1.54) is 18.4 Å². The molecule has 2 aromatic rings. The second-order valence-electron chi connectivity index (χ2n) is 2.93. The molecule has 0 atom stereocenters. The van der Waals surface area contributed by atoms with E-state index in [4.69, 9.17) is 16.0 Å². The molecule has 0 amide bonds. The standard InChI is InChI=1S/C10H6ClNO3/c11-8-5-10(15-6-8)7-1-3-9(4-2-7)12(13)14/h1-6H. The molecule has 0 saturated carbocycles. The van der Waals surface area contributed by atoms with Crippen molar-refractivity contribution in [3.8, 4) is 11.3 Å². The van der Waals surface area contributed by atoms with Crippen molar-refractivity contribution in [2.24, 2.45) is 0 Å². The van der Waals surface area contributed by atoms with Crippen LogP contribution in [0.4, 0.5) is 5.69 Å². The molecule has 4 nitrogen and oxygen atoms in total. The van der Waals surface area contributed by atoms with Crippen molar-refractivity contribution >= 4 is 17.3 Å². The average Bonchev–Trinajstić information content (AvgIpc) is 2.65. The number of nitrogens with zero attached hydrogens (tertiary/aromatic N) is 1. The molecule has 5 heteroatoms. The van der Waals surface area contributed by atoms with Gasteiger partial charge in [0.1, 0.15) is 12.0 Å². The molecule has 1 aromatic carbocycles. The normalized spacial score (nSPS) is 10.2. The van der Waals surface area contributed by atoms with Gasteiger partial charge in [-0.1, -0.05) is 11.6 Å². The van der Waals surface area contributed by atoms with E-state index >= 15 is 0 Å². The van der Waals surface area contributed by atoms with E-state index in [-0.39, 0.29) is 5.69 Å². The van der Waals surface area contributed by atoms with Crippen molar-refractivity contribution in [3.05, 3.63) is 51.7 Å². The second kappa shape index (κ2) is 3.74. The molecule has 1 heterocycles. The second-order valence-corrected chi connectivity index (χ2v) is 3.37. The van der Waals surface area contributed by atoms with Gasteiger partial charge >= 0.3 is 0 Å². The summed E-state index contributed by atoms with van der Waals surface area (Å²) in [6, 6.07) is 7.74. The van der Waals surface area contributed by atoms with E-state index in [1.807, 2.05) is 0 Å². The molecule has 0 fully saturated rings. The Morgan fingerprint density at radius 3 is 2.40 bits per heavy atom. The highest BCUT2D eigenvalue weighted by atomic mass is 35.5. The summed E-state index contributed by atoms with van der Waals surface area (Å²) in [7, 11) is 0. The molecule has 0 radical (unpaired) electrons. The molecule has 0 saturated heterocycles. The van der Waals surface area contributed by atoms with Crippen molar-refractivity contribution < 1.29 is 9.34 Å². The van der Waals surface area contributed by atoms with Crippen molar-refractivity contribution in [1.29, 1.82) is 0 Å². The van der Waals surface area contributed by atoms with E-state index in [1.54, 1.807) is 18.2 Å². The Bertz CT molecular complexity index is 490. The Labute approximate surface area is 90.2 Å². The summed E-state index contributed by atoms with van der Waals surface area (Å²) in [6.07, 6.45) is 1.41. The van der Waals surface area contributed by atoms with Crippen LogP contribution in [-0.2, 0) is 0 Å². The maximum atomic E-state index is 10.4. The number of nitro benzene ring substituents is 1. The molecule has 76 valence electrons. The monoisotopic (exact) mass is 223 g/mol. The fourth-order valence-electron chi connectivity index (χ4n) is 1.21. The highest BCUT2D eigenvalue weighted by Crippen LogP contribution is 2.26. The van der Waals surface area contributed by atoms with Crippen LogP contribution in [0.3, 0.4) is 0 Å². The van der Waals surface area contributed by atoms with E-state index < -0.39 is 4.92 Å². The van der Waals surface area contributed by atoms with Crippen molar-refractivity contribution in [2.45, 2.75) is 0 Å². The molecule has 0 aliphatic heterocycles. The first-order valence-corrected chi connectivity index (χ1v) is 4.53.